The summed E-state index contributed by atoms with van der Waals surface area (Å²) in [6, 6.07) is 13.6. The van der Waals surface area contributed by atoms with Crippen LogP contribution in [0, 0.1) is 3.57 Å². The zero-order valence-electron chi connectivity index (χ0n) is 13.6. The quantitative estimate of drug-likeness (QED) is 0.526. The Morgan fingerprint density at radius 2 is 1.73 bits per heavy atom. The molecule has 3 aromatic rings. The van der Waals surface area contributed by atoms with Crippen molar-refractivity contribution in [1.29, 1.82) is 0 Å². The maximum absolute atomic E-state index is 12.3. The second-order valence-electron chi connectivity index (χ2n) is 5.23. The number of carbonyl (C=O) groups is 1. The number of hydrogen-bond acceptors (Lipinski definition) is 5. The topological polar surface area (TPSA) is 88.2 Å². The van der Waals surface area contributed by atoms with Crippen molar-refractivity contribution in [3.8, 4) is 11.3 Å². The average Bonchev–Trinajstić information content (AvgIpc) is 3.11. The summed E-state index contributed by atoms with van der Waals surface area (Å²) >= 11 is 3.57. The molecule has 0 aliphatic rings. The van der Waals surface area contributed by atoms with Gasteiger partial charge in [0.05, 0.1) is 10.6 Å². The van der Waals surface area contributed by atoms with Gasteiger partial charge in [-0.3, -0.25) is 10.1 Å². The summed E-state index contributed by atoms with van der Waals surface area (Å²) in [5.41, 5.74) is 2.12. The summed E-state index contributed by atoms with van der Waals surface area (Å²) in [5.74, 6) is -0.345. The molecule has 0 atom stereocenters. The van der Waals surface area contributed by atoms with Crippen molar-refractivity contribution in [1.82, 2.24) is 9.71 Å². The Balaban J connectivity index is 1.73. The number of nitrogens with one attached hydrogen (secondary N) is 2. The van der Waals surface area contributed by atoms with Crippen molar-refractivity contribution in [3.63, 3.8) is 0 Å². The summed E-state index contributed by atoms with van der Waals surface area (Å²) < 4.78 is 26.8. The molecule has 3 rings (SSSR count). The van der Waals surface area contributed by atoms with E-state index < -0.39 is 10.0 Å². The van der Waals surface area contributed by atoms with E-state index in [2.05, 4.69) is 37.6 Å². The largest absolute Gasteiger partial charge is 0.298 e. The standard InChI is InChI=1S/C17H14IN3O3S2/c1-19-26(23,24)14-8-4-12(5-9-14)16(22)21-17-20-15(10-25-17)11-2-6-13(18)7-3-11/h2-10,19H,1H3,(H,20,21,22). The Bertz CT molecular complexity index is 1030. The van der Waals surface area contributed by atoms with Crippen LogP contribution in [0.15, 0.2) is 58.8 Å². The van der Waals surface area contributed by atoms with Crippen LogP contribution in [0.2, 0.25) is 0 Å². The minimum absolute atomic E-state index is 0.104. The molecule has 0 aliphatic carbocycles. The van der Waals surface area contributed by atoms with Gasteiger partial charge < -0.3 is 0 Å². The van der Waals surface area contributed by atoms with Gasteiger partial charge in [-0.1, -0.05) is 12.1 Å². The molecule has 1 heterocycles. The van der Waals surface area contributed by atoms with E-state index in [0.29, 0.717) is 10.7 Å². The molecular weight excluding hydrogens is 485 g/mol. The van der Waals surface area contributed by atoms with Crippen LogP contribution in [0.1, 0.15) is 10.4 Å². The minimum atomic E-state index is -3.52. The first kappa shape index (κ1) is 19.0. The number of rotatable bonds is 5. The normalized spacial score (nSPS) is 11.3. The first-order chi connectivity index (χ1) is 12.4. The third kappa shape index (κ3) is 4.29. The van der Waals surface area contributed by atoms with Crippen LogP contribution in [0.5, 0.6) is 0 Å². The number of hydrogen-bond donors (Lipinski definition) is 2. The Morgan fingerprint density at radius 3 is 2.35 bits per heavy atom. The molecule has 2 aromatic carbocycles. The highest BCUT2D eigenvalue weighted by Crippen LogP contribution is 2.25. The Kier molecular flexibility index (Phi) is 5.70. The Labute approximate surface area is 168 Å². The van der Waals surface area contributed by atoms with Gasteiger partial charge in [0.15, 0.2) is 5.13 Å². The van der Waals surface area contributed by atoms with E-state index in [1.807, 2.05) is 29.6 Å². The zero-order valence-corrected chi connectivity index (χ0v) is 17.4. The molecule has 0 aliphatic heterocycles. The third-order valence-corrected chi connectivity index (χ3v) is 6.47. The lowest BCUT2D eigenvalue weighted by atomic mass is 10.2. The van der Waals surface area contributed by atoms with Gasteiger partial charge in [-0.15, -0.1) is 11.3 Å². The smallest absolute Gasteiger partial charge is 0.257 e. The maximum Gasteiger partial charge on any atom is 0.257 e. The second-order valence-corrected chi connectivity index (χ2v) is 9.22. The molecule has 134 valence electrons. The van der Waals surface area contributed by atoms with Crippen LogP contribution in [0.25, 0.3) is 11.3 Å². The Morgan fingerprint density at radius 1 is 1.08 bits per heavy atom. The minimum Gasteiger partial charge on any atom is -0.298 e. The van der Waals surface area contributed by atoms with Gasteiger partial charge >= 0.3 is 0 Å². The fourth-order valence-corrected chi connectivity index (χ4v) is 3.96. The molecular formula is C17H14IN3O3S2. The van der Waals surface area contributed by atoms with Gasteiger partial charge in [-0.2, -0.15) is 0 Å². The van der Waals surface area contributed by atoms with Crippen LogP contribution in [-0.2, 0) is 10.0 Å². The number of amides is 1. The van der Waals surface area contributed by atoms with E-state index >= 15 is 0 Å². The number of nitrogens with zero attached hydrogens (tertiary/aromatic N) is 1. The van der Waals surface area contributed by atoms with Gasteiger partial charge in [0.1, 0.15) is 0 Å². The number of carbonyl (C=O) groups excluding carboxylic acids is 1. The molecule has 0 saturated carbocycles. The fraction of sp³-hybridized carbons (Fsp3) is 0.0588. The van der Waals surface area contributed by atoms with Crippen molar-refractivity contribution in [2.75, 3.05) is 12.4 Å². The summed E-state index contributed by atoms with van der Waals surface area (Å²) in [5, 5.41) is 5.09. The lowest BCUT2D eigenvalue weighted by molar-refractivity contribution is 0.102. The fourth-order valence-electron chi connectivity index (χ4n) is 2.16. The van der Waals surface area contributed by atoms with Gasteiger partial charge in [-0.25, -0.2) is 18.1 Å². The number of anilines is 1. The summed E-state index contributed by atoms with van der Waals surface area (Å²) in [7, 11) is -2.19. The predicted octanol–water partition coefficient (Wildman–Crippen LogP) is 3.58. The van der Waals surface area contributed by atoms with E-state index in [4.69, 9.17) is 0 Å². The molecule has 0 spiro atoms. The molecule has 0 fully saturated rings. The van der Waals surface area contributed by atoms with Crippen LogP contribution in [-0.4, -0.2) is 26.4 Å². The monoisotopic (exact) mass is 499 g/mol. The highest BCUT2D eigenvalue weighted by atomic mass is 127. The first-order valence-corrected chi connectivity index (χ1v) is 10.9. The van der Waals surface area contributed by atoms with Crippen LogP contribution >= 0.6 is 33.9 Å². The van der Waals surface area contributed by atoms with E-state index in [1.165, 1.54) is 42.6 Å². The number of sulfonamides is 1. The summed E-state index contributed by atoms with van der Waals surface area (Å²) in [4.78, 5) is 16.9. The molecule has 0 bridgehead atoms. The molecule has 9 heteroatoms. The van der Waals surface area contributed by atoms with Crippen molar-refractivity contribution >= 4 is 55.0 Å². The lowest BCUT2D eigenvalue weighted by Crippen LogP contribution is -2.19. The summed E-state index contributed by atoms with van der Waals surface area (Å²) in [6.07, 6.45) is 0. The second kappa shape index (κ2) is 7.82. The van der Waals surface area contributed by atoms with E-state index in [0.717, 1.165) is 14.8 Å². The molecule has 2 N–H and O–H groups in total. The number of benzene rings is 2. The van der Waals surface area contributed by atoms with Gasteiger partial charge in [0.25, 0.3) is 5.91 Å². The zero-order chi connectivity index (χ0) is 18.7. The predicted molar refractivity (Wildman–Crippen MR) is 111 cm³/mol. The molecule has 0 radical (unpaired) electrons. The maximum atomic E-state index is 12.3. The number of aromatic nitrogens is 1. The van der Waals surface area contributed by atoms with Crippen LogP contribution < -0.4 is 10.0 Å². The third-order valence-electron chi connectivity index (χ3n) is 3.56. The average molecular weight is 499 g/mol. The highest BCUT2D eigenvalue weighted by molar-refractivity contribution is 14.1. The van der Waals surface area contributed by atoms with Crippen molar-refractivity contribution in [2.24, 2.45) is 0 Å². The molecule has 1 aromatic heterocycles. The molecule has 26 heavy (non-hydrogen) atoms. The SMILES string of the molecule is CNS(=O)(=O)c1ccc(C(=O)Nc2nc(-c3ccc(I)cc3)cs2)cc1. The van der Waals surface area contributed by atoms with Gasteiger partial charge in [0.2, 0.25) is 10.0 Å². The van der Waals surface area contributed by atoms with E-state index in [9.17, 15) is 13.2 Å². The first-order valence-electron chi connectivity index (χ1n) is 7.45. The molecule has 1 amide bonds. The van der Waals surface area contributed by atoms with E-state index in [1.54, 1.807) is 0 Å². The number of halogens is 1. The molecule has 6 nitrogen and oxygen atoms in total. The van der Waals surface area contributed by atoms with Gasteiger partial charge in [-0.05, 0) is 66.0 Å². The molecule has 0 saturated heterocycles. The van der Waals surface area contributed by atoms with Crippen LogP contribution in [0.4, 0.5) is 5.13 Å². The molecule has 0 unspecified atom stereocenters. The van der Waals surface area contributed by atoms with Crippen LogP contribution in [0.3, 0.4) is 0 Å². The Hall–Kier alpha value is -1.82. The highest BCUT2D eigenvalue weighted by Gasteiger charge is 2.14. The summed E-state index contributed by atoms with van der Waals surface area (Å²) in [6.45, 7) is 0. The van der Waals surface area contributed by atoms with Crippen molar-refractivity contribution in [2.45, 2.75) is 4.90 Å². The lowest BCUT2D eigenvalue weighted by Gasteiger charge is -2.04. The van der Waals surface area contributed by atoms with Crippen molar-refractivity contribution < 1.29 is 13.2 Å². The number of thiazole rings is 1. The van der Waals surface area contributed by atoms with Gasteiger partial charge in [0, 0.05) is 20.1 Å². The van der Waals surface area contributed by atoms with Crippen molar-refractivity contribution in [3.05, 3.63) is 63.0 Å². The van der Waals surface area contributed by atoms with E-state index in [-0.39, 0.29) is 10.8 Å².